The summed E-state index contributed by atoms with van der Waals surface area (Å²) >= 11 is 24.0. The van der Waals surface area contributed by atoms with Gasteiger partial charge in [-0.1, -0.05) is 141 Å². The standard InChI is InChI=1S/C18H25Cl3O2.C10H7Cl/c1-2-3-4-5-6-7-8-9-10-13(18(22)23)14-11-16(20)17(21)12-15(14)19;11-10-7-3-5-8-4-1-2-6-9(8)10/h11-13H,2-10H2,1H3,(H,22,23);1-7H. The molecule has 0 heterocycles. The predicted octanol–water partition coefficient (Wildman–Crippen LogP) is 10.8. The Balaban J connectivity index is 0.000000305. The molecule has 0 aliphatic carbocycles. The van der Waals surface area contributed by atoms with Gasteiger partial charge in [0.25, 0.3) is 0 Å². The van der Waals surface area contributed by atoms with Crippen LogP contribution in [0.15, 0.2) is 54.6 Å². The van der Waals surface area contributed by atoms with E-state index in [2.05, 4.69) is 19.1 Å². The maximum atomic E-state index is 11.6. The maximum absolute atomic E-state index is 11.6. The van der Waals surface area contributed by atoms with E-state index >= 15 is 0 Å². The van der Waals surface area contributed by atoms with Gasteiger partial charge < -0.3 is 5.11 Å². The summed E-state index contributed by atoms with van der Waals surface area (Å²) in [7, 11) is 0. The van der Waals surface area contributed by atoms with Crippen molar-refractivity contribution in [3.05, 3.63) is 80.3 Å². The van der Waals surface area contributed by atoms with Gasteiger partial charge in [-0.2, -0.15) is 0 Å². The smallest absolute Gasteiger partial charge is 0.311 e. The van der Waals surface area contributed by atoms with Crippen molar-refractivity contribution in [2.24, 2.45) is 0 Å². The second-order valence-electron chi connectivity index (χ2n) is 8.40. The fourth-order valence-electron chi connectivity index (χ4n) is 3.89. The first-order chi connectivity index (χ1) is 16.3. The van der Waals surface area contributed by atoms with Gasteiger partial charge in [0.15, 0.2) is 0 Å². The van der Waals surface area contributed by atoms with Crippen LogP contribution >= 0.6 is 46.4 Å². The second kappa shape index (κ2) is 15.5. The highest BCUT2D eigenvalue weighted by atomic mass is 35.5. The van der Waals surface area contributed by atoms with Gasteiger partial charge in [0.1, 0.15) is 0 Å². The number of fused-ring (bicyclic) bond motifs is 1. The highest BCUT2D eigenvalue weighted by Crippen LogP contribution is 2.35. The minimum Gasteiger partial charge on any atom is -0.481 e. The number of carbonyl (C=O) groups is 1. The fourth-order valence-corrected chi connectivity index (χ4v) is 4.82. The monoisotopic (exact) mass is 540 g/mol. The average Bonchev–Trinajstić information content (AvgIpc) is 2.81. The van der Waals surface area contributed by atoms with Crippen LogP contribution < -0.4 is 0 Å². The van der Waals surface area contributed by atoms with E-state index in [1.165, 1.54) is 43.6 Å². The molecule has 1 N–H and O–H groups in total. The summed E-state index contributed by atoms with van der Waals surface area (Å²) in [5.74, 6) is -1.49. The third-order valence-electron chi connectivity index (χ3n) is 5.80. The highest BCUT2D eigenvalue weighted by Gasteiger charge is 2.23. The van der Waals surface area contributed by atoms with Crippen molar-refractivity contribution in [3.8, 4) is 0 Å². The lowest BCUT2D eigenvalue weighted by Gasteiger charge is -2.15. The first-order valence-electron chi connectivity index (χ1n) is 11.9. The van der Waals surface area contributed by atoms with Gasteiger partial charge in [0.05, 0.1) is 16.0 Å². The van der Waals surface area contributed by atoms with E-state index in [9.17, 15) is 9.90 Å². The third-order valence-corrected chi connectivity index (χ3v) is 7.17. The minimum atomic E-state index is -0.867. The van der Waals surface area contributed by atoms with Crippen LogP contribution in [0.3, 0.4) is 0 Å². The Morgan fingerprint density at radius 1 is 0.735 bits per heavy atom. The Hall–Kier alpha value is -1.45. The van der Waals surface area contributed by atoms with Crippen LogP contribution in [-0.2, 0) is 4.79 Å². The lowest BCUT2D eigenvalue weighted by molar-refractivity contribution is -0.139. The molecule has 3 aromatic rings. The zero-order valence-corrected chi connectivity index (χ0v) is 22.5. The molecule has 0 saturated heterocycles. The lowest BCUT2D eigenvalue weighted by atomic mass is 9.93. The van der Waals surface area contributed by atoms with Crippen molar-refractivity contribution in [1.29, 1.82) is 0 Å². The van der Waals surface area contributed by atoms with Gasteiger partial charge in [-0.25, -0.2) is 0 Å². The van der Waals surface area contributed by atoms with Crippen molar-refractivity contribution in [2.75, 3.05) is 0 Å². The summed E-state index contributed by atoms with van der Waals surface area (Å²) in [6.07, 6.45) is 10.0. The molecule has 1 atom stereocenters. The molecule has 0 aromatic heterocycles. The van der Waals surface area contributed by atoms with Gasteiger partial charge >= 0.3 is 5.97 Å². The van der Waals surface area contributed by atoms with Gasteiger partial charge in [0.2, 0.25) is 0 Å². The first kappa shape index (κ1) is 28.8. The number of aliphatic carboxylic acids is 1. The number of rotatable bonds is 11. The van der Waals surface area contributed by atoms with E-state index in [0.717, 1.165) is 29.7 Å². The summed E-state index contributed by atoms with van der Waals surface area (Å²) in [5.41, 5.74) is 0.552. The molecular formula is C28H32Cl4O2. The molecule has 0 saturated carbocycles. The molecule has 184 valence electrons. The van der Waals surface area contributed by atoms with Crippen LogP contribution in [0.1, 0.15) is 76.2 Å². The van der Waals surface area contributed by atoms with E-state index in [1.807, 2.05) is 30.3 Å². The third kappa shape index (κ3) is 9.30. The molecule has 0 fully saturated rings. The Labute approximate surface area is 223 Å². The molecule has 1 unspecified atom stereocenters. The Bertz CT molecular complexity index is 1050. The van der Waals surface area contributed by atoms with Gasteiger partial charge in [0, 0.05) is 15.4 Å². The van der Waals surface area contributed by atoms with Gasteiger partial charge in [-0.05, 0) is 35.6 Å². The molecule has 0 spiro atoms. The van der Waals surface area contributed by atoms with Crippen molar-refractivity contribution < 1.29 is 9.90 Å². The molecular weight excluding hydrogens is 510 g/mol. The number of hydrogen-bond donors (Lipinski definition) is 1. The molecule has 6 heteroatoms. The van der Waals surface area contributed by atoms with Crippen LogP contribution in [-0.4, -0.2) is 11.1 Å². The van der Waals surface area contributed by atoms with E-state index in [0.29, 0.717) is 27.1 Å². The molecule has 0 amide bonds. The van der Waals surface area contributed by atoms with Crippen molar-refractivity contribution in [3.63, 3.8) is 0 Å². The average molecular weight is 542 g/mol. The highest BCUT2D eigenvalue weighted by molar-refractivity contribution is 6.43. The van der Waals surface area contributed by atoms with Crippen LogP contribution in [0.4, 0.5) is 0 Å². The van der Waals surface area contributed by atoms with E-state index < -0.39 is 11.9 Å². The number of hydrogen-bond acceptors (Lipinski definition) is 1. The number of halogens is 4. The van der Waals surface area contributed by atoms with Crippen LogP contribution in [0.5, 0.6) is 0 Å². The zero-order chi connectivity index (χ0) is 24.9. The number of benzene rings is 3. The Morgan fingerprint density at radius 3 is 1.97 bits per heavy atom. The molecule has 3 rings (SSSR count). The van der Waals surface area contributed by atoms with E-state index in [4.69, 9.17) is 46.4 Å². The number of unbranched alkanes of at least 4 members (excludes halogenated alkanes) is 7. The van der Waals surface area contributed by atoms with Crippen molar-refractivity contribution in [2.45, 2.75) is 70.6 Å². The Kier molecular flexibility index (Phi) is 13.1. The van der Waals surface area contributed by atoms with E-state index in [1.54, 1.807) is 6.07 Å². The molecule has 2 nitrogen and oxygen atoms in total. The van der Waals surface area contributed by atoms with Crippen LogP contribution in [0.2, 0.25) is 20.1 Å². The maximum Gasteiger partial charge on any atom is 0.311 e. The second-order valence-corrected chi connectivity index (χ2v) is 10.0. The van der Waals surface area contributed by atoms with Crippen molar-refractivity contribution in [1.82, 2.24) is 0 Å². The lowest BCUT2D eigenvalue weighted by Crippen LogP contribution is -2.12. The van der Waals surface area contributed by atoms with Crippen LogP contribution in [0, 0.1) is 0 Å². The SMILES string of the molecule is CCCCCCCCCCC(C(=O)O)c1cc(Cl)c(Cl)cc1Cl.Clc1cccc2ccccc12. The minimum absolute atomic E-state index is 0.341. The summed E-state index contributed by atoms with van der Waals surface area (Å²) in [6.45, 7) is 2.21. The van der Waals surface area contributed by atoms with Gasteiger partial charge in [-0.3, -0.25) is 4.79 Å². The van der Waals surface area contributed by atoms with Crippen molar-refractivity contribution >= 4 is 63.1 Å². The fraction of sp³-hybridized carbons (Fsp3) is 0.393. The summed E-state index contributed by atoms with van der Waals surface area (Å²) in [5, 5.41) is 13.7. The molecule has 3 aromatic carbocycles. The largest absolute Gasteiger partial charge is 0.481 e. The molecule has 0 radical (unpaired) electrons. The molecule has 0 aliphatic rings. The predicted molar refractivity (Wildman–Crippen MR) is 148 cm³/mol. The molecule has 34 heavy (non-hydrogen) atoms. The Morgan fingerprint density at radius 2 is 1.32 bits per heavy atom. The summed E-state index contributed by atoms with van der Waals surface area (Å²) < 4.78 is 0. The topological polar surface area (TPSA) is 37.3 Å². The van der Waals surface area contributed by atoms with Gasteiger partial charge in [-0.15, -0.1) is 0 Å². The molecule has 0 bridgehead atoms. The number of carboxylic acid groups (broad SMARTS) is 1. The summed E-state index contributed by atoms with van der Waals surface area (Å²) in [6, 6.07) is 17.1. The number of carboxylic acids is 1. The first-order valence-corrected chi connectivity index (χ1v) is 13.4. The quantitative estimate of drug-likeness (QED) is 0.193. The summed E-state index contributed by atoms with van der Waals surface area (Å²) in [4.78, 5) is 11.6. The van der Waals surface area contributed by atoms with E-state index in [-0.39, 0.29) is 0 Å². The molecule has 0 aliphatic heterocycles. The van der Waals surface area contributed by atoms with Crippen LogP contribution in [0.25, 0.3) is 10.8 Å². The zero-order valence-electron chi connectivity index (χ0n) is 19.5. The normalized spacial score (nSPS) is 11.7.